The molecule has 0 spiro atoms. The molecular weight excluding hydrogens is 510 g/mol. The molecule has 2 atom stereocenters. The van der Waals surface area contributed by atoms with Gasteiger partial charge in [0, 0.05) is 50.1 Å². The first-order chi connectivity index (χ1) is 17.9. The quantitative estimate of drug-likeness (QED) is 0.301. The van der Waals surface area contributed by atoms with Gasteiger partial charge in [0.1, 0.15) is 19.3 Å². The van der Waals surface area contributed by atoms with Gasteiger partial charge in [0.05, 0.1) is 33.8 Å². The van der Waals surface area contributed by atoms with E-state index in [1.54, 1.807) is 0 Å². The zero-order valence-corrected chi connectivity index (χ0v) is 23.2. The highest BCUT2D eigenvalue weighted by Crippen LogP contribution is 2.30. The van der Waals surface area contributed by atoms with Gasteiger partial charge >= 0.3 is 5.97 Å². The van der Waals surface area contributed by atoms with Crippen LogP contribution in [0.3, 0.4) is 0 Å². The van der Waals surface area contributed by atoms with Crippen LogP contribution in [0.25, 0.3) is 0 Å². The minimum atomic E-state index is -1.20. The monoisotopic (exact) mass is 549 g/mol. The lowest BCUT2D eigenvalue weighted by Gasteiger charge is -2.39. The number of rotatable bonds is 12. The van der Waals surface area contributed by atoms with Crippen molar-refractivity contribution in [2.75, 3.05) is 73.6 Å². The van der Waals surface area contributed by atoms with E-state index in [-0.39, 0.29) is 19.1 Å². The number of nitrogens with zero attached hydrogens (tertiary/aromatic N) is 3. The Labute approximate surface area is 230 Å². The Morgan fingerprint density at radius 2 is 1.58 bits per heavy atom. The zero-order chi connectivity index (χ0) is 28.1. The van der Waals surface area contributed by atoms with Crippen molar-refractivity contribution in [3.05, 3.63) is 70.7 Å². The third-order valence-electron chi connectivity index (χ3n) is 6.01. The minimum Gasteiger partial charge on any atom is -0.550 e. The number of likely N-dealkylation sites (N-methyl/N-ethyl adjacent to an activating group) is 1. The van der Waals surface area contributed by atoms with Gasteiger partial charge in [-0.2, -0.15) is 0 Å². The average molecular weight is 550 g/mol. The molecule has 3 rings (SSSR count). The van der Waals surface area contributed by atoms with Crippen molar-refractivity contribution < 1.29 is 34.1 Å². The van der Waals surface area contributed by atoms with E-state index in [9.17, 15) is 14.7 Å². The molecule has 0 amide bonds. The highest BCUT2D eigenvalue weighted by atomic mass is 35.5. The van der Waals surface area contributed by atoms with Gasteiger partial charge < -0.3 is 29.3 Å². The van der Waals surface area contributed by atoms with Crippen LogP contribution in [0.1, 0.15) is 23.6 Å². The van der Waals surface area contributed by atoms with Gasteiger partial charge in [-0.15, -0.1) is 0 Å². The molecule has 2 N–H and O–H groups in total. The number of hydrogen-bond acceptors (Lipinski definition) is 7. The van der Waals surface area contributed by atoms with Crippen LogP contribution in [0, 0.1) is 0 Å². The van der Waals surface area contributed by atoms with Crippen LogP contribution in [0.15, 0.2) is 54.6 Å². The van der Waals surface area contributed by atoms with Crippen LogP contribution in [-0.2, 0) is 14.3 Å². The first kappa shape index (κ1) is 31.7. The third-order valence-corrected chi connectivity index (χ3v) is 6.26. The summed E-state index contributed by atoms with van der Waals surface area (Å²) in [4.78, 5) is 25.3. The molecular formula is C28H40ClN3O6. The maximum absolute atomic E-state index is 10.5. The maximum atomic E-state index is 10.5. The highest BCUT2D eigenvalue weighted by molar-refractivity contribution is 6.30. The van der Waals surface area contributed by atoms with Gasteiger partial charge in [0.15, 0.2) is 0 Å². The summed E-state index contributed by atoms with van der Waals surface area (Å²) in [5, 5.41) is 28.5. The Bertz CT molecular complexity index is 976. The molecule has 1 aliphatic rings. The van der Waals surface area contributed by atoms with Crippen molar-refractivity contribution in [1.82, 2.24) is 9.80 Å². The lowest BCUT2D eigenvalue weighted by Crippen LogP contribution is -2.48. The van der Waals surface area contributed by atoms with E-state index in [0.29, 0.717) is 17.6 Å². The first-order valence-corrected chi connectivity index (χ1v) is 13.1. The topological polar surface area (TPSA) is 113 Å². The molecule has 2 aromatic carbocycles. The summed E-state index contributed by atoms with van der Waals surface area (Å²) in [5.41, 5.74) is 2.52. The van der Waals surface area contributed by atoms with E-state index >= 15 is 0 Å². The fraction of sp³-hybridized carbons (Fsp3) is 0.500. The number of hydrogen-bond donors (Lipinski definition) is 2. The molecule has 0 aliphatic carbocycles. The molecule has 10 heteroatoms. The Hall–Kier alpha value is -2.53. The van der Waals surface area contributed by atoms with Crippen molar-refractivity contribution >= 4 is 23.5 Å². The first-order valence-electron chi connectivity index (χ1n) is 12.7. The summed E-state index contributed by atoms with van der Waals surface area (Å²) < 4.78 is 5.70. The van der Waals surface area contributed by atoms with Crippen molar-refractivity contribution in [3.8, 4) is 0 Å². The molecule has 1 fully saturated rings. The number of aliphatic hydroxyl groups excluding tert-OH is 1. The van der Waals surface area contributed by atoms with Crippen LogP contribution in [0.5, 0.6) is 0 Å². The number of aliphatic carboxylic acids is 2. The Morgan fingerprint density at radius 3 is 2.11 bits per heavy atom. The van der Waals surface area contributed by atoms with E-state index in [4.69, 9.17) is 26.6 Å². The lowest BCUT2D eigenvalue weighted by atomic mass is 9.96. The van der Waals surface area contributed by atoms with Gasteiger partial charge in [-0.1, -0.05) is 54.1 Å². The average Bonchev–Trinajstić information content (AvgIpc) is 2.83. The van der Waals surface area contributed by atoms with Crippen LogP contribution >= 0.6 is 11.6 Å². The molecule has 0 aromatic heterocycles. The van der Waals surface area contributed by atoms with Gasteiger partial charge in [-0.25, -0.2) is 4.79 Å². The Morgan fingerprint density at radius 1 is 1.00 bits per heavy atom. The molecule has 0 unspecified atom stereocenters. The maximum Gasteiger partial charge on any atom is 0.329 e. The van der Waals surface area contributed by atoms with Crippen LogP contribution in [-0.4, -0.2) is 116 Å². The predicted molar refractivity (Wildman–Crippen MR) is 145 cm³/mol. The summed E-state index contributed by atoms with van der Waals surface area (Å²) in [6, 6.07) is 18.8. The number of halogens is 1. The molecule has 0 radical (unpaired) electrons. The second-order valence-corrected chi connectivity index (χ2v) is 10.8. The largest absolute Gasteiger partial charge is 0.550 e. The van der Waals surface area contributed by atoms with Gasteiger partial charge in [-0.3, -0.25) is 9.80 Å². The van der Waals surface area contributed by atoms with E-state index < -0.39 is 18.0 Å². The smallest absolute Gasteiger partial charge is 0.329 e. The zero-order valence-electron chi connectivity index (χ0n) is 22.5. The third kappa shape index (κ3) is 12.3. The van der Waals surface area contributed by atoms with Gasteiger partial charge in [0.2, 0.25) is 0 Å². The second kappa shape index (κ2) is 15.8. The number of carboxylic acid groups (broad SMARTS) is 2. The molecule has 210 valence electrons. The number of piperazine rings is 1. The van der Waals surface area contributed by atoms with Gasteiger partial charge in [0.25, 0.3) is 0 Å². The van der Waals surface area contributed by atoms with Gasteiger partial charge in [-0.05, 0) is 23.3 Å². The fourth-order valence-corrected chi connectivity index (χ4v) is 4.51. The molecule has 0 saturated carbocycles. The van der Waals surface area contributed by atoms with Crippen molar-refractivity contribution in [2.45, 2.75) is 18.6 Å². The van der Waals surface area contributed by atoms with Crippen LogP contribution < -0.4 is 5.11 Å². The number of aliphatic hydroxyl groups is 1. The Balaban J connectivity index is 0.000000391. The van der Waals surface area contributed by atoms with E-state index in [1.807, 2.05) is 39.3 Å². The van der Waals surface area contributed by atoms with E-state index in [2.05, 4.69) is 46.2 Å². The standard InChI is InChI=1S/C21H25ClN2O3.C7H15NO3/c22-19-8-6-18(7-9-19)21(17-4-2-1-3-5-17)24-12-10-23(11-13-24)14-15-27-16-20(25)26;1-8(2,3)5-6(9)4-7(10)11/h1-9,21H,10-16H2,(H,25,26);6,9H,4-5H2,1-3H3/t21-;6-/m11/s1. The summed E-state index contributed by atoms with van der Waals surface area (Å²) in [7, 11) is 5.66. The summed E-state index contributed by atoms with van der Waals surface area (Å²) in [6.45, 7) is 5.17. The summed E-state index contributed by atoms with van der Waals surface area (Å²) >= 11 is 6.08. The lowest BCUT2D eigenvalue weighted by molar-refractivity contribution is -0.873. The molecule has 0 bridgehead atoms. The van der Waals surface area contributed by atoms with Crippen molar-refractivity contribution in [1.29, 1.82) is 0 Å². The predicted octanol–water partition coefficient (Wildman–Crippen LogP) is 1.34. The number of carbonyl (C=O) groups is 2. The molecule has 9 nitrogen and oxygen atoms in total. The Kier molecular flexibility index (Phi) is 13.2. The normalized spacial score (nSPS) is 16.2. The minimum absolute atomic E-state index is 0.203. The number of carbonyl (C=O) groups excluding carboxylic acids is 1. The SMILES string of the molecule is C[N+](C)(C)C[C@H](O)CC(=O)[O-].O=C(O)COCCN1CCN([C@H](c2ccccc2)c2ccc(Cl)cc2)CC1. The number of benzene rings is 2. The summed E-state index contributed by atoms with van der Waals surface area (Å²) in [6.07, 6.45) is -1.09. The van der Waals surface area contributed by atoms with E-state index in [0.717, 1.165) is 37.7 Å². The number of carboxylic acids is 2. The van der Waals surface area contributed by atoms with Crippen molar-refractivity contribution in [3.63, 3.8) is 0 Å². The molecule has 1 aliphatic heterocycles. The molecule has 1 saturated heterocycles. The summed E-state index contributed by atoms with van der Waals surface area (Å²) in [5.74, 6) is -2.13. The fourth-order valence-electron chi connectivity index (χ4n) is 4.38. The van der Waals surface area contributed by atoms with E-state index in [1.165, 1.54) is 11.1 Å². The highest BCUT2D eigenvalue weighted by Gasteiger charge is 2.26. The second-order valence-electron chi connectivity index (χ2n) is 10.4. The molecule has 1 heterocycles. The molecule has 38 heavy (non-hydrogen) atoms. The van der Waals surface area contributed by atoms with Crippen LogP contribution in [0.2, 0.25) is 5.02 Å². The number of ether oxygens (including phenoxy) is 1. The molecule has 2 aromatic rings. The van der Waals surface area contributed by atoms with Crippen LogP contribution in [0.4, 0.5) is 0 Å². The van der Waals surface area contributed by atoms with Crippen molar-refractivity contribution in [2.24, 2.45) is 0 Å². The number of quaternary nitrogens is 1.